The third-order valence-electron chi connectivity index (χ3n) is 17.9. The number of hydrogen-bond donors (Lipinski definition) is 0. The zero-order valence-electron chi connectivity index (χ0n) is 43.3. The smallest absolute Gasteiger partial charge is 0.170 e. The maximum atomic E-state index is 14.4. The van der Waals surface area contributed by atoms with Gasteiger partial charge in [0.15, 0.2) is 46.5 Å². The zero-order valence-corrected chi connectivity index (χ0v) is 43.3. The summed E-state index contributed by atoms with van der Waals surface area (Å²) >= 11 is 0. The molecule has 5 aliphatic rings. The fourth-order valence-corrected chi connectivity index (χ4v) is 12.7. The summed E-state index contributed by atoms with van der Waals surface area (Å²) in [6.45, 7) is 10.1. The standard InChI is InChI=1S/C21H25F3.C21H28F2O.C20H26F2O/c1-3-14-5-7-15(8-6-14)9-11-17-12-16-10-4-13(2)19(22)18(16)21(24)20(17)23;1-3-14-5-7-15(8-6-14)9-11-17-12-16-10-4-13(2)21(24)18(16)20(23)19(17)22;1-2-13-6-8-14(9-7-13)10-11-16-12-15-4-3-5-17(23)18(15)20(22)19(16)21/h4,10,12,14-15H,3,5-9,11H2,1-2H3;12-15H,3-11H2,1-2H3;12-14H,2-11H2,1H3. The number of carbonyl (C=O) groups excluding carboxylic acids is 2. The first-order chi connectivity index (χ1) is 34.1. The van der Waals surface area contributed by atoms with Crippen LogP contribution in [0.15, 0.2) is 30.3 Å². The van der Waals surface area contributed by atoms with Gasteiger partial charge in [-0.25, -0.2) is 30.7 Å². The quantitative estimate of drug-likeness (QED) is 0.133. The van der Waals surface area contributed by atoms with Crippen LogP contribution in [0.5, 0.6) is 0 Å². The summed E-state index contributed by atoms with van der Waals surface area (Å²) < 4.78 is 100. The number of halogens is 7. The highest BCUT2D eigenvalue weighted by molar-refractivity contribution is 6.00. The third kappa shape index (κ3) is 13.2. The van der Waals surface area contributed by atoms with E-state index >= 15 is 0 Å². The number of hydrogen-bond acceptors (Lipinski definition) is 2. The Hall–Kier alpha value is -4.01. The van der Waals surface area contributed by atoms with Crippen molar-refractivity contribution in [3.8, 4) is 0 Å². The SMILES string of the molecule is CCC1CCC(CCc2cc3c(c(F)c2F)C(=O)C(C)CC3)CC1.CCC1CCC(CCc2cc3c(c(F)c2F)C(=O)CCC3)CC1.CCC1CCC(CCc2cc3ccc(C)c(F)c3c(F)c2F)CC1. The summed E-state index contributed by atoms with van der Waals surface area (Å²) in [6.07, 6.45) is 26.2. The Morgan fingerprint density at radius 3 is 1.32 bits per heavy atom. The van der Waals surface area contributed by atoms with E-state index in [1.54, 1.807) is 44.2 Å². The highest BCUT2D eigenvalue weighted by Gasteiger charge is 2.32. The van der Waals surface area contributed by atoms with Crippen LogP contribution in [0.25, 0.3) is 10.8 Å². The molecular weight excluding hydrogens is 910 g/mol. The van der Waals surface area contributed by atoms with Gasteiger partial charge < -0.3 is 0 Å². The van der Waals surface area contributed by atoms with Crippen LogP contribution in [0.2, 0.25) is 0 Å². The molecule has 0 heterocycles. The number of fused-ring (bicyclic) bond motifs is 3. The van der Waals surface area contributed by atoms with Gasteiger partial charge in [0.05, 0.1) is 16.5 Å². The van der Waals surface area contributed by atoms with Crippen LogP contribution in [-0.4, -0.2) is 11.6 Å². The molecule has 0 aromatic heterocycles. The van der Waals surface area contributed by atoms with Crippen LogP contribution >= 0.6 is 0 Å². The fraction of sp³-hybridized carbons (Fsp3) is 0.613. The maximum Gasteiger partial charge on any atom is 0.170 e. The number of aryl methyl sites for hydroxylation is 6. The molecule has 3 saturated carbocycles. The van der Waals surface area contributed by atoms with Gasteiger partial charge in [0.1, 0.15) is 5.82 Å². The third-order valence-corrected chi connectivity index (χ3v) is 17.9. The average molecular weight is 989 g/mol. The molecule has 0 radical (unpaired) electrons. The Kier molecular flexibility index (Phi) is 19.5. The van der Waals surface area contributed by atoms with Crippen molar-refractivity contribution < 1.29 is 40.3 Å². The highest BCUT2D eigenvalue weighted by atomic mass is 19.2. The first kappa shape index (κ1) is 54.8. The Morgan fingerprint density at radius 2 is 0.859 bits per heavy atom. The van der Waals surface area contributed by atoms with Crippen LogP contribution in [0.4, 0.5) is 30.7 Å². The minimum Gasteiger partial charge on any atom is -0.294 e. The number of rotatable bonds is 12. The van der Waals surface area contributed by atoms with E-state index in [0.29, 0.717) is 95.0 Å². The van der Waals surface area contributed by atoms with Gasteiger partial charge in [-0.3, -0.25) is 9.59 Å². The van der Waals surface area contributed by atoms with Crippen molar-refractivity contribution in [2.75, 3.05) is 0 Å². The topological polar surface area (TPSA) is 34.1 Å². The van der Waals surface area contributed by atoms with E-state index in [1.807, 2.05) is 0 Å². The van der Waals surface area contributed by atoms with Crippen LogP contribution in [0.1, 0.15) is 217 Å². The summed E-state index contributed by atoms with van der Waals surface area (Å²) in [6, 6.07) is 8.42. The monoisotopic (exact) mass is 989 g/mol. The molecular formula is C62H79F7O2. The van der Waals surface area contributed by atoms with E-state index in [2.05, 4.69) is 20.8 Å². The Labute approximate surface area is 419 Å². The molecule has 0 bridgehead atoms. The fourth-order valence-electron chi connectivity index (χ4n) is 12.7. The van der Waals surface area contributed by atoms with Gasteiger partial charge in [-0.2, -0.15) is 0 Å². The van der Waals surface area contributed by atoms with Gasteiger partial charge in [-0.05, 0) is 151 Å². The van der Waals surface area contributed by atoms with Gasteiger partial charge in [0, 0.05) is 12.3 Å². The molecule has 2 nitrogen and oxygen atoms in total. The van der Waals surface area contributed by atoms with E-state index in [4.69, 9.17) is 0 Å². The minimum atomic E-state index is -1.04. The predicted octanol–water partition coefficient (Wildman–Crippen LogP) is 18.2. The first-order valence-electron chi connectivity index (χ1n) is 27.7. The lowest BCUT2D eigenvalue weighted by Crippen LogP contribution is -2.23. The van der Waals surface area contributed by atoms with Crippen molar-refractivity contribution in [1.29, 1.82) is 0 Å². The molecule has 0 amide bonds. The first-order valence-corrected chi connectivity index (χ1v) is 27.7. The lowest BCUT2D eigenvalue weighted by atomic mass is 9.78. The molecule has 3 fully saturated rings. The van der Waals surface area contributed by atoms with E-state index < -0.39 is 40.7 Å². The molecule has 388 valence electrons. The molecule has 0 aliphatic heterocycles. The number of ketones is 2. The maximum absolute atomic E-state index is 14.4. The van der Waals surface area contributed by atoms with Gasteiger partial charge in [-0.1, -0.05) is 148 Å². The molecule has 4 aromatic carbocycles. The summed E-state index contributed by atoms with van der Waals surface area (Å²) in [7, 11) is 0. The molecule has 0 spiro atoms. The van der Waals surface area contributed by atoms with Crippen molar-refractivity contribution >= 4 is 22.3 Å². The minimum absolute atomic E-state index is 0.0125. The second-order valence-electron chi connectivity index (χ2n) is 22.4. The molecule has 4 aromatic rings. The van der Waals surface area contributed by atoms with Crippen LogP contribution in [0.3, 0.4) is 0 Å². The molecule has 1 atom stereocenters. The molecule has 5 aliphatic carbocycles. The lowest BCUT2D eigenvalue weighted by molar-refractivity contribution is 0.0906. The number of carbonyl (C=O) groups is 2. The van der Waals surface area contributed by atoms with Gasteiger partial charge in [0.2, 0.25) is 0 Å². The second kappa shape index (κ2) is 25.3. The molecule has 0 N–H and O–H groups in total. The molecule has 9 heteroatoms. The Bertz CT molecular complexity index is 2470. The zero-order chi connectivity index (χ0) is 50.9. The average Bonchev–Trinajstić information content (AvgIpc) is 3.38. The largest absolute Gasteiger partial charge is 0.294 e. The van der Waals surface area contributed by atoms with Gasteiger partial charge >= 0.3 is 0 Å². The lowest BCUT2D eigenvalue weighted by Gasteiger charge is -2.28. The number of benzene rings is 4. The molecule has 71 heavy (non-hydrogen) atoms. The van der Waals surface area contributed by atoms with Crippen LogP contribution < -0.4 is 0 Å². The van der Waals surface area contributed by atoms with E-state index in [9.17, 15) is 40.3 Å². The summed E-state index contributed by atoms with van der Waals surface area (Å²) in [5.74, 6) is -2.25. The van der Waals surface area contributed by atoms with Crippen LogP contribution in [-0.2, 0) is 32.1 Å². The normalized spacial score (nSPS) is 24.4. The van der Waals surface area contributed by atoms with E-state index in [-0.39, 0.29) is 34.0 Å². The van der Waals surface area contributed by atoms with Gasteiger partial charge in [-0.15, -0.1) is 0 Å². The van der Waals surface area contributed by atoms with E-state index in [1.165, 1.54) is 96.3 Å². The summed E-state index contributed by atoms with van der Waals surface area (Å²) in [4.78, 5) is 24.0. The highest BCUT2D eigenvalue weighted by Crippen LogP contribution is 2.38. The van der Waals surface area contributed by atoms with Crippen molar-refractivity contribution in [3.05, 3.63) is 116 Å². The van der Waals surface area contributed by atoms with Gasteiger partial charge in [0.25, 0.3) is 0 Å². The predicted molar refractivity (Wildman–Crippen MR) is 273 cm³/mol. The van der Waals surface area contributed by atoms with Crippen molar-refractivity contribution in [1.82, 2.24) is 0 Å². The van der Waals surface area contributed by atoms with Crippen molar-refractivity contribution in [2.24, 2.45) is 41.4 Å². The second-order valence-corrected chi connectivity index (χ2v) is 22.4. The Balaban J connectivity index is 0.000000157. The van der Waals surface area contributed by atoms with Crippen molar-refractivity contribution in [2.45, 2.75) is 202 Å². The molecule has 1 unspecified atom stereocenters. The molecule has 9 rings (SSSR count). The van der Waals surface area contributed by atoms with Crippen molar-refractivity contribution in [3.63, 3.8) is 0 Å². The molecule has 0 saturated heterocycles. The number of Topliss-reactive ketones (excluding diaryl/α,β-unsaturated/α-hetero) is 2. The Morgan fingerprint density at radius 1 is 0.451 bits per heavy atom. The van der Waals surface area contributed by atoms with E-state index in [0.717, 1.165) is 49.9 Å². The summed E-state index contributed by atoms with van der Waals surface area (Å²) in [5.41, 5.74) is 3.09. The van der Waals surface area contributed by atoms with Crippen LogP contribution in [0, 0.1) is 89.1 Å². The summed E-state index contributed by atoms with van der Waals surface area (Å²) in [5, 5.41) is 0.224.